The summed E-state index contributed by atoms with van der Waals surface area (Å²) in [6.45, 7) is 6.60. The van der Waals surface area contributed by atoms with Crippen molar-refractivity contribution in [3.63, 3.8) is 0 Å². The molecule has 0 bridgehead atoms. The highest BCUT2D eigenvalue weighted by Crippen LogP contribution is 2.57. The Morgan fingerprint density at radius 2 is 1.75 bits per heavy atom. The number of nitrogens with two attached hydrogens (primary N) is 1. The molecular formula is C18H26F3N3O4. The number of ether oxygens (including phenoxy) is 1. The van der Waals surface area contributed by atoms with Gasteiger partial charge in [-0.15, -0.1) is 0 Å². The highest BCUT2D eigenvalue weighted by molar-refractivity contribution is 5.90. The summed E-state index contributed by atoms with van der Waals surface area (Å²) in [6.07, 6.45) is -3.52. The zero-order chi connectivity index (χ0) is 21.0. The molecule has 158 valence electrons. The molecule has 0 aromatic heterocycles. The van der Waals surface area contributed by atoms with E-state index in [0.29, 0.717) is 13.1 Å². The zero-order valence-electron chi connectivity index (χ0n) is 16.3. The molecule has 0 aromatic carbocycles. The molecule has 0 unspecified atom stereocenters. The molecule has 1 aliphatic heterocycles. The van der Waals surface area contributed by atoms with Crippen LogP contribution in [0.1, 0.15) is 52.9 Å². The minimum absolute atomic E-state index is 0.0124. The average molecular weight is 405 g/mol. The molecule has 0 radical (unpaired) electrons. The molecule has 10 heteroatoms. The SMILES string of the molecule is CC(C)(C)OC(=O)N1CC2(CC(CC(=O)O/N=C(\N)C3(C(F)(F)F)CC3)C2)C1. The first-order chi connectivity index (χ1) is 12.8. The lowest BCUT2D eigenvalue weighted by molar-refractivity contribution is -0.167. The van der Waals surface area contributed by atoms with Crippen LogP contribution in [0.2, 0.25) is 0 Å². The maximum Gasteiger partial charge on any atom is 0.410 e. The topological polar surface area (TPSA) is 94.2 Å². The fourth-order valence-electron chi connectivity index (χ4n) is 4.06. The maximum absolute atomic E-state index is 12.9. The standard InChI is InChI=1S/C18H26F3N3O4/c1-15(2,3)27-14(26)24-9-16(10-24)7-11(8-16)6-12(25)28-23-13(22)17(4-5-17)18(19,20)21/h11H,4-10H2,1-3H3,(H2,22,23). The lowest BCUT2D eigenvalue weighted by Gasteiger charge is -2.58. The molecule has 1 heterocycles. The van der Waals surface area contributed by atoms with Crippen LogP contribution in [0.25, 0.3) is 0 Å². The van der Waals surface area contributed by atoms with Crippen LogP contribution >= 0.6 is 0 Å². The highest BCUT2D eigenvalue weighted by atomic mass is 19.4. The molecule has 7 nitrogen and oxygen atoms in total. The van der Waals surface area contributed by atoms with Gasteiger partial charge in [-0.3, -0.25) is 0 Å². The summed E-state index contributed by atoms with van der Waals surface area (Å²) in [6, 6.07) is 0. The summed E-state index contributed by atoms with van der Waals surface area (Å²) >= 11 is 0. The molecule has 3 rings (SSSR count). The van der Waals surface area contributed by atoms with Crippen LogP contribution in [0.3, 0.4) is 0 Å². The van der Waals surface area contributed by atoms with Crippen molar-refractivity contribution in [3.05, 3.63) is 0 Å². The van der Waals surface area contributed by atoms with E-state index >= 15 is 0 Å². The molecular weight excluding hydrogens is 379 g/mol. The number of amidine groups is 1. The number of hydrogen-bond acceptors (Lipinski definition) is 5. The van der Waals surface area contributed by atoms with Gasteiger partial charge in [-0.2, -0.15) is 13.2 Å². The molecule has 1 amide bonds. The van der Waals surface area contributed by atoms with Gasteiger partial charge in [-0.1, -0.05) is 5.16 Å². The maximum atomic E-state index is 12.9. The van der Waals surface area contributed by atoms with E-state index in [4.69, 9.17) is 10.5 Å². The molecule has 0 aromatic rings. The Hall–Kier alpha value is -2.00. The number of nitrogens with zero attached hydrogens (tertiary/aromatic N) is 2. The normalized spacial score (nSPS) is 23.6. The third-order valence-electron chi connectivity index (χ3n) is 5.63. The predicted octanol–water partition coefficient (Wildman–Crippen LogP) is 3.18. The summed E-state index contributed by atoms with van der Waals surface area (Å²) in [5, 5.41) is 3.23. The number of rotatable bonds is 4. The number of alkyl halides is 3. The van der Waals surface area contributed by atoms with E-state index in [-0.39, 0.29) is 36.7 Å². The minimum atomic E-state index is -4.49. The van der Waals surface area contributed by atoms with Crippen molar-refractivity contribution in [1.29, 1.82) is 0 Å². The lowest BCUT2D eigenvalue weighted by atomic mass is 9.57. The van der Waals surface area contributed by atoms with Crippen molar-refractivity contribution in [1.82, 2.24) is 4.90 Å². The average Bonchev–Trinajstić information content (AvgIpc) is 3.24. The first-order valence-electron chi connectivity index (χ1n) is 9.34. The van der Waals surface area contributed by atoms with Gasteiger partial charge in [0.05, 0.1) is 6.42 Å². The van der Waals surface area contributed by atoms with Gasteiger partial charge in [0, 0.05) is 18.5 Å². The van der Waals surface area contributed by atoms with Crippen LogP contribution in [0.15, 0.2) is 5.16 Å². The first-order valence-corrected chi connectivity index (χ1v) is 9.34. The van der Waals surface area contributed by atoms with Gasteiger partial charge < -0.3 is 20.2 Å². The van der Waals surface area contributed by atoms with E-state index in [0.717, 1.165) is 12.8 Å². The molecule has 1 saturated heterocycles. The second-order valence-corrected chi connectivity index (χ2v) is 9.33. The molecule has 0 atom stereocenters. The Labute approximate surface area is 161 Å². The van der Waals surface area contributed by atoms with Crippen molar-refractivity contribution >= 4 is 17.9 Å². The molecule has 3 fully saturated rings. The number of carbonyl (C=O) groups is 2. The third kappa shape index (κ3) is 4.05. The number of amides is 1. The summed E-state index contributed by atoms with van der Waals surface area (Å²) in [4.78, 5) is 30.0. The van der Waals surface area contributed by atoms with Crippen LogP contribution in [0, 0.1) is 16.7 Å². The number of oxime groups is 1. The quantitative estimate of drug-likeness (QED) is 0.336. The fourth-order valence-corrected chi connectivity index (χ4v) is 4.06. The van der Waals surface area contributed by atoms with Gasteiger partial charge in [0.15, 0.2) is 5.84 Å². The van der Waals surface area contributed by atoms with Crippen LogP contribution in [0.5, 0.6) is 0 Å². The second-order valence-electron chi connectivity index (χ2n) is 9.33. The van der Waals surface area contributed by atoms with Crippen LogP contribution < -0.4 is 5.73 Å². The van der Waals surface area contributed by atoms with E-state index in [1.165, 1.54) is 0 Å². The Morgan fingerprint density at radius 1 is 1.18 bits per heavy atom. The number of carbonyl (C=O) groups excluding carboxylic acids is 2. The third-order valence-corrected chi connectivity index (χ3v) is 5.63. The smallest absolute Gasteiger partial charge is 0.410 e. The minimum Gasteiger partial charge on any atom is -0.444 e. The molecule has 2 aliphatic carbocycles. The second kappa shape index (κ2) is 6.52. The summed E-state index contributed by atoms with van der Waals surface area (Å²) < 4.78 is 44.1. The molecule has 2 saturated carbocycles. The largest absolute Gasteiger partial charge is 0.444 e. The van der Waals surface area contributed by atoms with Crippen LogP contribution in [0.4, 0.5) is 18.0 Å². The molecule has 1 spiro atoms. The fraction of sp³-hybridized carbons (Fsp3) is 0.833. The summed E-state index contributed by atoms with van der Waals surface area (Å²) in [7, 11) is 0. The van der Waals surface area contributed by atoms with Gasteiger partial charge in [0.1, 0.15) is 11.0 Å². The van der Waals surface area contributed by atoms with E-state index in [1.54, 1.807) is 25.7 Å². The Bertz CT molecular complexity index is 681. The van der Waals surface area contributed by atoms with Crippen molar-refractivity contribution in [2.24, 2.45) is 27.6 Å². The van der Waals surface area contributed by atoms with Crippen LogP contribution in [-0.2, 0) is 14.4 Å². The molecule has 28 heavy (non-hydrogen) atoms. The van der Waals surface area contributed by atoms with Crippen molar-refractivity contribution in [2.75, 3.05) is 13.1 Å². The van der Waals surface area contributed by atoms with Crippen LogP contribution in [-0.4, -0.2) is 47.7 Å². The summed E-state index contributed by atoms with van der Waals surface area (Å²) in [5.41, 5.74) is 2.73. The van der Waals surface area contributed by atoms with Crippen molar-refractivity contribution in [2.45, 2.75) is 64.7 Å². The van der Waals surface area contributed by atoms with Gasteiger partial charge in [-0.05, 0) is 52.4 Å². The molecule has 2 N–H and O–H groups in total. The number of likely N-dealkylation sites (tertiary alicyclic amines) is 1. The lowest BCUT2D eigenvalue weighted by Crippen LogP contribution is -2.64. The van der Waals surface area contributed by atoms with E-state index in [9.17, 15) is 22.8 Å². The van der Waals surface area contributed by atoms with Gasteiger partial charge in [0.2, 0.25) is 0 Å². The molecule has 3 aliphatic rings. The number of hydrogen-bond donors (Lipinski definition) is 1. The Balaban J connectivity index is 1.38. The van der Waals surface area contributed by atoms with Gasteiger partial charge >= 0.3 is 18.2 Å². The van der Waals surface area contributed by atoms with E-state index < -0.39 is 29.0 Å². The summed E-state index contributed by atoms with van der Waals surface area (Å²) in [5.74, 6) is -1.31. The Kier molecular flexibility index (Phi) is 4.83. The zero-order valence-corrected chi connectivity index (χ0v) is 16.3. The van der Waals surface area contributed by atoms with Crippen molar-refractivity contribution < 1.29 is 32.3 Å². The highest BCUT2D eigenvalue weighted by Gasteiger charge is 2.66. The monoisotopic (exact) mass is 405 g/mol. The predicted molar refractivity (Wildman–Crippen MR) is 93.0 cm³/mol. The first kappa shape index (κ1) is 20.7. The Morgan fingerprint density at radius 3 is 2.21 bits per heavy atom. The van der Waals surface area contributed by atoms with E-state index in [1.807, 2.05) is 0 Å². The van der Waals surface area contributed by atoms with Crippen molar-refractivity contribution in [3.8, 4) is 0 Å². The van der Waals surface area contributed by atoms with E-state index in [2.05, 4.69) is 9.99 Å². The number of halogens is 3. The van der Waals surface area contributed by atoms with Gasteiger partial charge in [-0.25, -0.2) is 9.59 Å². The van der Waals surface area contributed by atoms with Gasteiger partial charge in [0.25, 0.3) is 0 Å².